The van der Waals surface area contributed by atoms with E-state index in [2.05, 4.69) is 5.32 Å². The van der Waals surface area contributed by atoms with E-state index >= 15 is 0 Å². The van der Waals surface area contributed by atoms with Crippen LogP contribution in [0.2, 0.25) is 0 Å². The minimum absolute atomic E-state index is 0.147. The van der Waals surface area contributed by atoms with Crippen LogP contribution in [0.15, 0.2) is 0 Å². The lowest BCUT2D eigenvalue weighted by Crippen LogP contribution is -2.67. The summed E-state index contributed by atoms with van der Waals surface area (Å²) in [7, 11) is 0. The Morgan fingerprint density at radius 3 is 2.50 bits per heavy atom. The van der Waals surface area contributed by atoms with Gasteiger partial charge in [0, 0.05) is 12.8 Å². The van der Waals surface area contributed by atoms with Gasteiger partial charge in [0.2, 0.25) is 5.91 Å². The number of hydrogen-bond acceptors (Lipinski definition) is 8. The van der Waals surface area contributed by atoms with Gasteiger partial charge in [-0.1, -0.05) is 13.3 Å². The third kappa shape index (κ3) is 4.85. The highest BCUT2D eigenvalue weighted by molar-refractivity contribution is 5.77. The van der Waals surface area contributed by atoms with Crippen LogP contribution < -0.4 is 5.32 Å². The molecule has 1 amide bonds. The van der Waals surface area contributed by atoms with Crippen molar-refractivity contribution in [3.05, 3.63) is 0 Å². The van der Waals surface area contributed by atoms with Crippen molar-refractivity contribution in [2.45, 2.75) is 68.9 Å². The van der Waals surface area contributed by atoms with Gasteiger partial charge in [0.25, 0.3) is 5.79 Å². The standard InChI is InChI=1S/C14H25NO9/c1-2-3-4-9(19)15-10-7(17)5-14(23,13(21)22)24-12(10)11(20)8(18)6-16/h7-8,10-12,16-18,20,23H,2-6H2,1H3,(H,15,19)(H,21,22)/t7-,8+,10+,11+,12+,14-/m0/s1. The molecule has 0 aromatic rings. The smallest absolute Gasteiger partial charge is 0.364 e. The highest BCUT2D eigenvalue weighted by atomic mass is 16.7. The summed E-state index contributed by atoms with van der Waals surface area (Å²) in [6, 6.07) is -1.26. The second-order valence-corrected chi connectivity index (χ2v) is 5.88. The monoisotopic (exact) mass is 351 g/mol. The third-order valence-corrected chi connectivity index (χ3v) is 3.92. The lowest BCUT2D eigenvalue weighted by atomic mass is 9.88. The van der Waals surface area contributed by atoms with Crippen LogP contribution in [-0.4, -0.2) is 85.4 Å². The molecule has 24 heavy (non-hydrogen) atoms. The fourth-order valence-corrected chi connectivity index (χ4v) is 2.50. The van der Waals surface area contributed by atoms with Crippen LogP contribution in [0.3, 0.4) is 0 Å². The first kappa shape index (κ1) is 20.7. The molecular formula is C14H25NO9. The molecule has 1 aliphatic heterocycles. The van der Waals surface area contributed by atoms with E-state index in [-0.39, 0.29) is 6.42 Å². The van der Waals surface area contributed by atoms with Crippen LogP contribution in [-0.2, 0) is 14.3 Å². The Hall–Kier alpha value is -1.30. The number of aliphatic carboxylic acids is 1. The van der Waals surface area contributed by atoms with Crippen LogP contribution >= 0.6 is 0 Å². The molecule has 0 bridgehead atoms. The maximum atomic E-state index is 11.9. The van der Waals surface area contributed by atoms with Crippen molar-refractivity contribution in [1.82, 2.24) is 5.32 Å². The molecule has 1 saturated heterocycles. The minimum atomic E-state index is -2.79. The number of carbonyl (C=O) groups is 2. The molecule has 1 fully saturated rings. The van der Waals surface area contributed by atoms with Crippen LogP contribution in [0.5, 0.6) is 0 Å². The molecule has 0 radical (unpaired) electrons. The van der Waals surface area contributed by atoms with E-state index in [0.717, 1.165) is 6.42 Å². The van der Waals surface area contributed by atoms with Crippen molar-refractivity contribution in [3.8, 4) is 0 Å². The first-order chi connectivity index (χ1) is 11.2. The molecule has 1 aliphatic rings. The highest BCUT2D eigenvalue weighted by Gasteiger charge is 2.53. The Morgan fingerprint density at radius 2 is 2.00 bits per heavy atom. The van der Waals surface area contributed by atoms with Crippen molar-refractivity contribution in [2.75, 3.05) is 6.61 Å². The Kier molecular flexibility index (Phi) is 7.52. The number of aliphatic hydroxyl groups excluding tert-OH is 4. The van der Waals surface area contributed by atoms with E-state index in [4.69, 9.17) is 14.9 Å². The van der Waals surface area contributed by atoms with Crippen molar-refractivity contribution in [3.63, 3.8) is 0 Å². The summed E-state index contributed by atoms with van der Waals surface area (Å²) in [4.78, 5) is 23.0. The molecule has 6 atom stereocenters. The van der Waals surface area contributed by atoms with E-state index in [0.29, 0.717) is 6.42 Å². The summed E-state index contributed by atoms with van der Waals surface area (Å²) in [5.41, 5.74) is 0. The fourth-order valence-electron chi connectivity index (χ4n) is 2.50. The van der Waals surface area contributed by atoms with Gasteiger partial charge >= 0.3 is 5.97 Å². The summed E-state index contributed by atoms with van der Waals surface area (Å²) in [5, 5.41) is 60.0. The summed E-state index contributed by atoms with van der Waals surface area (Å²) in [6.45, 7) is 1.02. The quantitative estimate of drug-likeness (QED) is 0.245. The van der Waals surface area contributed by atoms with Crippen LogP contribution in [0.4, 0.5) is 0 Å². The summed E-state index contributed by atoms with van der Waals surface area (Å²) in [6.07, 6.45) is -5.99. The van der Waals surface area contributed by atoms with Gasteiger partial charge < -0.3 is 40.7 Å². The molecule has 0 saturated carbocycles. The van der Waals surface area contributed by atoms with E-state index in [1.54, 1.807) is 0 Å². The number of hydrogen-bond donors (Lipinski definition) is 7. The van der Waals surface area contributed by atoms with Gasteiger partial charge in [0.05, 0.1) is 18.8 Å². The SMILES string of the molecule is CCCCC(=O)N[C@H]1[C@H]([C@H](O)[C@H](O)CO)O[C@](O)(C(=O)O)C[C@@H]1O. The lowest BCUT2D eigenvalue weighted by Gasteiger charge is -2.44. The zero-order valence-electron chi connectivity index (χ0n) is 13.3. The van der Waals surface area contributed by atoms with Gasteiger partial charge in [0.15, 0.2) is 0 Å². The molecule has 1 heterocycles. The van der Waals surface area contributed by atoms with E-state index in [1.807, 2.05) is 6.92 Å². The second kappa shape index (κ2) is 8.70. The van der Waals surface area contributed by atoms with Crippen molar-refractivity contribution < 1.29 is 45.0 Å². The topological polar surface area (TPSA) is 177 Å². The van der Waals surface area contributed by atoms with Crippen molar-refractivity contribution >= 4 is 11.9 Å². The number of nitrogens with one attached hydrogen (secondary N) is 1. The fraction of sp³-hybridized carbons (Fsp3) is 0.857. The Bertz CT molecular complexity index is 446. The minimum Gasteiger partial charge on any atom is -0.477 e. The van der Waals surface area contributed by atoms with E-state index < -0.39 is 61.1 Å². The molecule has 7 N–H and O–H groups in total. The van der Waals surface area contributed by atoms with Crippen LogP contribution in [0, 0.1) is 0 Å². The average Bonchev–Trinajstić information content (AvgIpc) is 2.53. The lowest BCUT2D eigenvalue weighted by molar-refractivity contribution is -0.295. The molecule has 0 spiro atoms. The molecule has 10 nitrogen and oxygen atoms in total. The molecular weight excluding hydrogens is 326 g/mol. The predicted octanol–water partition coefficient (Wildman–Crippen LogP) is -2.70. The predicted molar refractivity (Wildman–Crippen MR) is 78.6 cm³/mol. The molecule has 0 aromatic carbocycles. The van der Waals surface area contributed by atoms with Crippen molar-refractivity contribution in [2.24, 2.45) is 0 Å². The third-order valence-electron chi connectivity index (χ3n) is 3.92. The Balaban J connectivity index is 3.00. The number of ether oxygens (including phenoxy) is 1. The summed E-state index contributed by atoms with van der Waals surface area (Å²) < 4.78 is 4.97. The van der Waals surface area contributed by atoms with Gasteiger partial charge in [-0.05, 0) is 6.42 Å². The Morgan fingerprint density at radius 1 is 1.38 bits per heavy atom. The van der Waals surface area contributed by atoms with E-state index in [1.165, 1.54) is 0 Å². The Labute approximate surface area is 138 Å². The number of carboxylic acids is 1. The van der Waals surface area contributed by atoms with Gasteiger partial charge in [-0.3, -0.25) is 4.79 Å². The maximum absolute atomic E-state index is 11.9. The summed E-state index contributed by atoms with van der Waals surface area (Å²) >= 11 is 0. The number of unbranched alkanes of at least 4 members (excludes halogenated alkanes) is 1. The number of carbonyl (C=O) groups excluding carboxylic acids is 1. The zero-order chi connectivity index (χ0) is 18.5. The maximum Gasteiger partial charge on any atom is 0.364 e. The average molecular weight is 351 g/mol. The zero-order valence-corrected chi connectivity index (χ0v) is 13.3. The largest absolute Gasteiger partial charge is 0.477 e. The molecule has 0 aromatic heterocycles. The molecule has 140 valence electrons. The normalized spacial score (nSPS) is 32.8. The van der Waals surface area contributed by atoms with Gasteiger partial charge in [-0.25, -0.2) is 4.79 Å². The number of carboxylic acid groups (broad SMARTS) is 1. The number of aliphatic hydroxyl groups is 5. The molecule has 10 heteroatoms. The second-order valence-electron chi connectivity index (χ2n) is 5.88. The first-order valence-corrected chi connectivity index (χ1v) is 7.74. The van der Waals surface area contributed by atoms with Gasteiger partial charge in [-0.15, -0.1) is 0 Å². The highest BCUT2D eigenvalue weighted by Crippen LogP contribution is 2.30. The first-order valence-electron chi connectivity index (χ1n) is 7.74. The van der Waals surface area contributed by atoms with Crippen LogP contribution in [0.1, 0.15) is 32.6 Å². The van der Waals surface area contributed by atoms with Gasteiger partial charge in [-0.2, -0.15) is 0 Å². The molecule has 0 aliphatic carbocycles. The van der Waals surface area contributed by atoms with Gasteiger partial charge in [0.1, 0.15) is 18.3 Å². The number of rotatable bonds is 8. The molecule has 0 unspecified atom stereocenters. The van der Waals surface area contributed by atoms with Crippen molar-refractivity contribution in [1.29, 1.82) is 0 Å². The number of amides is 1. The van der Waals surface area contributed by atoms with E-state index in [9.17, 15) is 30.0 Å². The summed E-state index contributed by atoms with van der Waals surface area (Å²) in [5.74, 6) is -5.03. The van der Waals surface area contributed by atoms with Crippen LogP contribution in [0.25, 0.3) is 0 Å². The molecule has 1 rings (SSSR count).